The number of nitrogens with two attached hydrogens (primary N) is 1. The summed E-state index contributed by atoms with van der Waals surface area (Å²) >= 11 is 0. The van der Waals surface area contributed by atoms with Crippen LogP contribution in [0.3, 0.4) is 0 Å². The number of nitrogens with one attached hydrogen (secondary N) is 2. The van der Waals surface area contributed by atoms with Crippen molar-refractivity contribution in [2.75, 3.05) is 31.6 Å². The summed E-state index contributed by atoms with van der Waals surface area (Å²) in [5, 5.41) is 6.86. The Morgan fingerprint density at radius 1 is 1.16 bits per heavy atom. The van der Waals surface area contributed by atoms with Gasteiger partial charge in [-0.1, -0.05) is 50.2 Å². The third-order valence-electron chi connectivity index (χ3n) is 5.99. The third kappa shape index (κ3) is 6.82. The van der Waals surface area contributed by atoms with E-state index in [0.29, 0.717) is 6.54 Å². The van der Waals surface area contributed by atoms with Gasteiger partial charge in [0.15, 0.2) is 5.96 Å². The molecule has 4 N–H and O–H groups in total. The second-order valence-corrected chi connectivity index (χ2v) is 8.68. The molecule has 1 aliphatic rings. The lowest BCUT2D eigenvalue weighted by Gasteiger charge is -2.32. The molecule has 3 rings (SSSR count). The average molecular weight is 550 g/mol. The fourth-order valence-corrected chi connectivity index (χ4v) is 3.92. The molecule has 0 unspecified atom stereocenters. The lowest BCUT2D eigenvalue weighted by atomic mass is 9.85. The van der Waals surface area contributed by atoms with Crippen LogP contribution in [0.1, 0.15) is 37.8 Å². The van der Waals surface area contributed by atoms with Crippen LogP contribution in [0.25, 0.3) is 0 Å². The van der Waals surface area contributed by atoms with Crippen LogP contribution in [-0.4, -0.2) is 43.5 Å². The lowest BCUT2D eigenvalue weighted by molar-refractivity contribution is -0.122. The summed E-state index contributed by atoms with van der Waals surface area (Å²) in [5.41, 5.74) is 7.83. The molecule has 0 bridgehead atoms. The Balaban J connectivity index is 0.00000363. The van der Waals surface area contributed by atoms with Gasteiger partial charge in [-0.2, -0.15) is 0 Å². The van der Waals surface area contributed by atoms with Gasteiger partial charge in [0.2, 0.25) is 5.91 Å². The molecular formula is C24H35IN6O. The van der Waals surface area contributed by atoms with Crippen molar-refractivity contribution in [1.29, 1.82) is 0 Å². The number of piperidine rings is 1. The van der Waals surface area contributed by atoms with Crippen molar-refractivity contribution in [3.63, 3.8) is 0 Å². The first-order valence-electron chi connectivity index (χ1n) is 10.9. The highest BCUT2D eigenvalue weighted by Crippen LogP contribution is 2.24. The van der Waals surface area contributed by atoms with E-state index in [9.17, 15) is 4.79 Å². The number of pyridine rings is 1. The molecule has 0 saturated carbocycles. The summed E-state index contributed by atoms with van der Waals surface area (Å²) in [5.74, 6) is 1.48. The Labute approximate surface area is 208 Å². The number of nitrogens with zero attached hydrogens (tertiary/aromatic N) is 3. The van der Waals surface area contributed by atoms with E-state index in [0.717, 1.165) is 49.8 Å². The number of primary amides is 1. The minimum Gasteiger partial charge on any atom is -0.369 e. The van der Waals surface area contributed by atoms with Gasteiger partial charge in [0, 0.05) is 56.3 Å². The quantitative estimate of drug-likeness (QED) is 0.280. The van der Waals surface area contributed by atoms with Crippen LogP contribution in [0, 0.1) is 5.92 Å². The largest absolute Gasteiger partial charge is 0.369 e. The van der Waals surface area contributed by atoms with E-state index < -0.39 is 0 Å². The molecule has 0 radical (unpaired) electrons. The molecule has 1 fully saturated rings. The molecule has 0 spiro atoms. The van der Waals surface area contributed by atoms with Crippen LogP contribution in [0.2, 0.25) is 0 Å². The first-order valence-corrected chi connectivity index (χ1v) is 10.9. The maximum absolute atomic E-state index is 11.5. The normalized spacial score (nSPS) is 15.1. The van der Waals surface area contributed by atoms with Crippen LogP contribution in [-0.2, 0) is 16.8 Å². The molecule has 7 nitrogen and oxygen atoms in total. The smallest absolute Gasteiger partial charge is 0.220 e. The number of carbonyl (C=O) groups is 1. The van der Waals surface area contributed by atoms with Crippen molar-refractivity contribution in [1.82, 2.24) is 15.6 Å². The molecule has 1 aliphatic heterocycles. The Hall–Kier alpha value is -2.36. The molecule has 1 saturated heterocycles. The van der Waals surface area contributed by atoms with E-state index in [1.54, 1.807) is 7.05 Å². The summed E-state index contributed by atoms with van der Waals surface area (Å²) in [4.78, 5) is 22.7. The second kappa shape index (κ2) is 12.0. The number of hydrogen-bond acceptors (Lipinski definition) is 4. The van der Waals surface area contributed by atoms with E-state index >= 15 is 0 Å². The molecule has 174 valence electrons. The summed E-state index contributed by atoms with van der Waals surface area (Å²) in [6, 6.07) is 14.5. The van der Waals surface area contributed by atoms with Gasteiger partial charge in [-0.3, -0.25) is 9.79 Å². The number of rotatable bonds is 7. The zero-order valence-electron chi connectivity index (χ0n) is 19.2. The number of aliphatic imine (C=N–C) groups is 1. The Kier molecular flexibility index (Phi) is 9.74. The number of carbonyl (C=O) groups excluding carboxylic acids is 1. The number of benzene rings is 1. The molecule has 1 aromatic carbocycles. The summed E-state index contributed by atoms with van der Waals surface area (Å²) in [6.07, 6.45) is 3.36. The van der Waals surface area contributed by atoms with Crippen LogP contribution < -0.4 is 21.3 Å². The highest BCUT2D eigenvalue weighted by Gasteiger charge is 2.25. The number of anilines is 1. The molecule has 1 amide bonds. The zero-order valence-corrected chi connectivity index (χ0v) is 21.5. The molecule has 8 heteroatoms. The Morgan fingerprint density at radius 2 is 1.84 bits per heavy atom. The van der Waals surface area contributed by atoms with Crippen molar-refractivity contribution in [2.24, 2.45) is 16.6 Å². The molecule has 0 atom stereocenters. The van der Waals surface area contributed by atoms with Gasteiger partial charge in [0.05, 0.1) is 0 Å². The van der Waals surface area contributed by atoms with Crippen molar-refractivity contribution >= 4 is 41.7 Å². The SMILES string of the molecule is CN=C(NCc1cccnc1N1CCC(C(N)=O)CC1)NCC(C)(C)c1ccccc1.I. The highest BCUT2D eigenvalue weighted by molar-refractivity contribution is 14.0. The minimum absolute atomic E-state index is 0. The van der Waals surface area contributed by atoms with Crippen molar-refractivity contribution in [2.45, 2.75) is 38.6 Å². The Morgan fingerprint density at radius 3 is 2.47 bits per heavy atom. The monoisotopic (exact) mass is 550 g/mol. The Bertz CT molecular complexity index is 894. The lowest BCUT2D eigenvalue weighted by Crippen LogP contribution is -2.43. The molecule has 2 aromatic rings. The van der Waals surface area contributed by atoms with Crippen LogP contribution in [0.5, 0.6) is 0 Å². The fourth-order valence-electron chi connectivity index (χ4n) is 3.92. The van der Waals surface area contributed by atoms with E-state index in [4.69, 9.17) is 5.73 Å². The summed E-state index contributed by atoms with van der Waals surface area (Å²) in [7, 11) is 1.78. The van der Waals surface area contributed by atoms with Crippen molar-refractivity contribution in [3.05, 3.63) is 59.8 Å². The zero-order chi connectivity index (χ0) is 22.3. The van der Waals surface area contributed by atoms with Gasteiger partial charge in [0.25, 0.3) is 0 Å². The fraction of sp³-hybridized carbons (Fsp3) is 0.458. The van der Waals surface area contributed by atoms with Crippen molar-refractivity contribution < 1.29 is 4.79 Å². The number of guanidine groups is 1. The van der Waals surface area contributed by atoms with Gasteiger partial charge in [-0.05, 0) is 24.5 Å². The van der Waals surface area contributed by atoms with E-state index in [1.807, 2.05) is 18.3 Å². The molecule has 32 heavy (non-hydrogen) atoms. The van der Waals surface area contributed by atoms with Crippen LogP contribution in [0.15, 0.2) is 53.7 Å². The molecule has 2 heterocycles. The third-order valence-corrected chi connectivity index (χ3v) is 5.99. The predicted octanol–water partition coefficient (Wildman–Crippen LogP) is 3.04. The number of hydrogen-bond donors (Lipinski definition) is 3. The standard InChI is InChI=1S/C24H34N6O.HI/c1-24(2,20-9-5-4-6-10-20)17-29-23(26-3)28-16-19-8-7-13-27-22(19)30-14-11-18(12-15-30)21(25)31;/h4-10,13,18H,11-12,14-17H2,1-3H3,(H2,25,31)(H2,26,28,29);1H. The maximum atomic E-state index is 11.5. The van der Waals surface area contributed by atoms with E-state index in [1.165, 1.54) is 5.56 Å². The molecular weight excluding hydrogens is 515 g/mol. The summed E-state index contributed by atoms with van der Waals surface area (Å²) in [6.45, 7) is 7.39. The summed E-state index contributed by atoms with van der Waals surface area (Å²) < 4.78 is 0. The van der Waals surface area contributed by atoms with Crippen LogP contribution in [0.4, 0.5) is 5.82 Å². The number of amides is 1. The topological polar surface area (TPSA) is 95.6 Å². The van der Waals surface area contributed by atoms with E-state index in [2.05, 4.69) is 69.7 Å². The maximum Gasteiger partial charge on any atom is 0.220 e. The second-order valence-electron chi connectivity index (χ2n) is 8.68. The average Bonchev–Trinajstić information content (AvgIpc) is 2.80. The first kappa shape index (κ1) is 25.9. The molecule has 0 aliphatic carbocycles. The number of halogens is 1. The van der Waals surface area contributed by atoms with E-state index in [-0.39, 0.29) is 41.2 Å². The molecule has 1 aromatic heterocycles. The predicted molar refractivity (Wildman–Crippen MR) is 141 cm³/mol. The van der Waals surface area contributed by atoms with Crippen molar-refractivity contribution in [3.8, 4) is 0 Å². The van der Waals surface area contributed by atoms with Gasteiger partial charge in [-0.25, -0.2) is 4.98 Å². The van der Waals surface area contributed by atoms with Crippen LogP contribution >= 0.6 is 24.0 Å². The highest BCUT2D eigenvalue weighted by atomic mass is 127. The first-order chi connectivity index (χ1) is 14.9. The minimum atomic E-state index is -0.198. The van der Waals surface area contributed by atoms with Gasteiger partial charge in [0.1, 0.15) is 5.82 Å². The number of aromatic nitrogens is 1. The van der Waals surface area contributed by atoms with Gasteiger partial charge in [-0.15, -0.1) is 24.0 Å². The van der Waals surface area contributed by atoms with Gasteiger partial charge < -0.3 is 21.3 Å². The van der Waals surface area contributed by atoms with Gasteiger partial charge >= 0.3 is 0 Å².